The first-order valence-corrected chi connectivity index (χ1v) is 9.34. The summed E-state index contributed by atoms with van der Waals surface area (Å²) in [7, 11) is 0. The Hall–Kier alpha value is -1.80. The lowest BCUT2D eigenvalue weighted by Crippen LogP contribution is -3.14. The quantitative estimate of drug-likeness (QED) is 0.888. The predicted octanol–water partition coefficient (Wildman–Crippen LogP) is 3.20. The average molecular weight is 324 g/mol. The van der Waals surface area contributed by atoms with E-state index in [1.807, 2.05) is 0 Å². The van der Waals surface area contributed by atoms with E-state index in [9.17, 15) is 0 Å². The minimum absolute atomic E-state index is 0.663. The van der Waals surface area contributed by atoms with Gasteiger partial charge >= 0.3 is 0 Å². The van der Waals surface area contributed by atoms with Crippen LogP contribution in [0.2, 0.25) is 0 Å². The second-order valence-corrected chi connectivity index (χ2v) is 7.38. The van der Waals surface area contributed by atoms with Crippen LogP contribution in [0.5, 0.6) is 0 Å². The zero-order chi connectivity index (χ0) is 16.9. The highest BCUT2D eigenvalue weighted by molar-refractivity contribution is 5.55. The Labute approximate surface area is 147 Å². The van der Waals surface area contributed by atoms with Gasteiger partial charge in [0, 0.05) is 12.1 Å². The van der Waals surface area contributed by atoms with Crippen LogP contribution in [0.15, 0.2) is 48.5 Å². The van der Waals surface area contributed by atoms with Crippen LogP contribution in [0.4, 0.5) is 5.69 Å². The molecule has 2 nitrogen and oxygen atoms in total. The van der Waals surface area contributed by atoms with Crippen LogP contribution in [0.1, 0.15) is 36.0 Å². The fourth-order valence-electron chi connectivity index (χ4n) is 3.74. The van der Waals surface area contributed by atoms with Gasteiger partial charge in [-0.05, 0) is 42.5 Å². The summed E-state index contributed by atoms with van der Waals surface area (Å²) in [4.78, 5) is 4.34. The fraction of sp³-hybridized carbons (Fsp3) is 0.455. The number of hydrogen-bond acceptors (Lipinski definition) is 1. The third kappa shape index (κ3) is 4.18. The second kappa shape index (κ2) is 7.85. The molecule has 0 saturated carbocycles. The Morgan fingerprint density at radius 1 is 1.00 bits per heavy atom. The Morgan fingerprint density at radius 3 is 2.42 bits per heavy atom. The number of anilines is 1. The summed E-state index contributed by atoms with van der Waals surface area (Å²) >= 11 is 0. The van der Waals surface area contributed by atoms with E-state index in [1.54, 1.807) is 4.90 Å². The van der Waals surface area contributed by atoms with E-state index in [4.69, 9.17) is 0 Å². The molecule has 3 rings (SSSR count). The number of rotatable bonds is 5. The monoisotopic (exact) mass is 323 g/mol. The van der Waals surface area contributed by atoms with Gasteiger partial charge in [0.25, 0.3) is 0 Å². The lowest BCUT2D eigenvalue weighted by molar-refractivity contribution is -0.901. The van der Waals surface area contributed by atoms with Crippen LogP contribution in [0, 0.1) is 13.8 Å². The van der Waals surface area contributed by atoms with Crippen LogP contribution < -0.4 is 9.80 Å². The van der Waals surface area contributed by atoms with Gasteiger partial charge in [0.15, 0.2) is 0 Å². The van der Waals surface area contributed by atoms with E-state index in [0.717, 1.165) is 0 Å². The van der Waals surface area contributed by atoms with E-state index < -0.39 is 0 Å². The van der Waals surface area contributed by atoms with Crippen LogP contribution in [0.25, 0.3) is 0 Å². The van der Waals surface area contributed by atoms with Gasteiger partial charge in [0.05, 0.1) is 32.7 Å². The molecule has 24 heavy (non-hydrogen) atoms. The van der Waals surface area contributed by atoms with Crippen molar-refractivity contribution in [3.8, 4) is 0 Å². The molecule has 0 radical (unpaired) electrons. The van der Waals surface area contributed by atoms with E-state index in [2.05, 4.69) is 74.2 Å². The molecule has 0 bridgehead atoms. The third-order valence-electron chi connectivity index (χ3n) is 5.48. The SMILES string of the molecule is Cc1ccc(C)c(N2CC[NH+](CC[C@@H](C)c3ccccc3)CC2)c1. The average Bonchev–Trinajstić information content (AvgIpc) is 2.63. The maximum absolute atomic E-state index is 2.58. The minimum Gasteiger partial charge on any atom is -0.360 e. The van der Waals surface area contributed by atoms with E-state index >= 15 is 0 Å². The van der Waals surface area contributed by atoms with Gasteiger partial charge in [0.1, 0.15) is 0 Å². The highest BCUT2D eigenvalue weighted by Crippen LogP contribution is 2.21. The predicted molar refractivity (Wildman–Crippen MR) is 103 cm³/mol. The van der Waals surface area contributed by atoms with E-state index in [0.29, 0.717) is 5.92 Å². The molecule has 2 heteroatoms. The zero-order valence-electron chi connectivity index (χ0n) is 15.4. The molecule has 1 fully saturated rings. The van der Waals surface area contributed by atoms with Gasteiger partial charge < -0.3 is 9.80 Å². The van der Waals surface area contributed by atoms with Crippen molar-refractivity contribution in [2.24, 2.45) is 0 Å². The Kier molecular flexibility index (Phi) is 5.57. The summed E-state index contributed by atoms with van der Waals surface area (Å²) in [5.41, 5.74) is 5.68. The van der Waals surface area contributed by atoms with E-state index in [-0.39, 0.29) is 0 Å². The summed E-state index contributed by atoms with van der Waals surface area (Å²) in [5, 5.41) is 0. The first-order valence-electron chi connectivity index (χ1n) is 9.34. The van der Waals surface area contributed by atoms with Crippen LogP contribution >= 0.6 is 0 Å². The lowest BCUT2D eigenvalue weighted by Gasteiger charge is -2.35. The fourth-order valence-corrected chi connectivity index (χ4v) is 3.74. The summed E-state index contributed by atoms with van der Waals surface area (Å²) in [6, 6.07) is 17.8. The molecule has 1 atom stereocenters. The van der Waals surface area contributed by atoms with Gasteiger partial charge in [-0.2, -0.15) is 0 Å². The molecule has 1 N–H and O–H groups in total. The van der Waals surface area contributed by atoms with Gasteiger partial charge in [-0.15, -0.1) is 0 Å². The van der Waals surface area contributed by atoms with Crippen LogP contribution in [-0.2, 0) is 0 Å². The first-order chi connectivity index (χ1) is 11.6. The summed E-state index contributed by atoms with van der Waals surface area (Å²) < 4.78 is 0. The van der Waals surface area contributed by atoms with Crippen LogP contribution in [0.3, 0.4) is 0 Å². The number of benzene rings is 2. The van der Waals surface area contributed by atoms with Gasteiger partial charge in [-0.1, -0.05) is 49.4 Å². The Balaban J connectivity index is 1.49. The summed E-state index contributed by atoms with van der Waals surface area (Å²) in [5.74, 6) is 0.663. The number of nitrogens with zero attached hydrogens (tertiary/aromatic N) is 1. The molecular weight excluding hydrogens is 292 g/mol. The number of nitrogens with one attached hydrogen (secondary N) is 1. The van der Waals surface area contributed by atoms with Gasteiger partial charge in [-0.3, -0.25) is 0 Å². The van der Waals surface area contributed by atoms with Crippen molar-refractivity contribution >= 4 is 5.69 Å². The topological polar surface area (TPSA) is 7.68 Å². The molecule has 2 aromatic carbocycles. The molecule has 0 aromatic heterocycles. The molecule has 2 aromatic rings. The molecule has 1 heterocycles. The Morgan fingerprint density at radius 2 is 1.71 bits per heavy atom. The molecule has 1 aliphatic rings. The molecule has 0 spiro atoms. The smallest absolute Gasteiger partial charge is 0.0949 e. The van der Waals surface area contributed by atoms with Crippen molar-refractivity contribution in [3.63, 3.8) is 0 Å². The van der Waals surface area contributed by atoms with Crippen molar-refractivity contribution in [2.75, 3.05) is 37.6 Å². The molecule has 0 unspecified atom stereocenters. The second-order valence-electron chi connectivity index (χ2n) is 7.38. The maximum Gasteiger partial charge on any atom is 0.0949 e. The van der Waals surface area contributed by atoms with Crippen LogP contribution in [-0.4, -0.2) is 32.7 Å². The number of hydrogen-bond donors (Lipinski definition) is 1. The van der Waals surface area contributed by atoms with E-state index in [1.165, 1.54) is 61.5 Å². The molecule has 128 valence electrons. The normalized spacial score (nSPS) is 17.0. The van der Waals surface area contributed by atoms with Crippen molar-refractivity contribution in [1.82, 2.24) is 0 Å². The minimum atomic E-state index is 0.663. The highest BCUT2D eigenvalue weighted by Gasteiger charge is 2.21. The maximum atomic E-state index is 2.58. The van der Waals surface area contributed by atoms with Crippen molar-refractivity contribution in [3.05, 3.63) is 65.2 Å². The highest BCUT2D eigenvalue weighted by atomic mass is 15.3. The van der Waals surface area contributed by atoms with Crippen molar-refractivity contribution in [2.45, 2.75) is 33.1 Å². The summed E-state index contributed by atoms with van der Waals surface area (Å²) in [6.07, 6.45) is 1.28. The molecule has 0 aliphatic carbocycles. The van der Waals surface area contributed by atoms with Gasteiger partial charge in [-0.25, -0.2) is 0 Å². The molecule has 1 aliphatic heterocycles. The number of aryl methyl sites for hydroxylation is 2. The molecule has 0 amide bonds. The zero-order valence-corrected chi connectivity index (χ0v) is 15.4. The molecule has 1 saturated heterocycles. The first kappa shape index (κ1) is 17.0. The number of quaternary nitrogens is 1. The Bertz CT molecular complexity index is 642. The van der Waals surface area contributed by atoms with Crippen molar-refractivity contribution in [1.29, 1.82) is 0 Å². The summed E-state index contributed by atoms with van der Waals surface area (Å²) in [6.45, 7) is 12.9. The van der Waals surface area contributed by atoms with Crippen molar-refractivity contribution < 1.29 is 4.90 Å². The molecular formula is C22H31N2+. The van der Waals surface area contributed by atoms with Gasteiger partial charge in [0.2, 0.25) is 0 Å². The lowest BCUT2D eigenvalue weighted by atomic mass is 9.97. The third-order valence-corrected chi connectivity index (χ3v) is 5.48. The number of piperazine rings is 1. The largest absolute Gasteiger partial charge is 0.360 e. The standard InChI is InChI=1S/C22H30N2/c1-18-9-10-20(3)22(17-18)24-15-13-23(14-16-24)12-11-19(2)21-7-5-4-6-8-21/h4-10,17,19H,11-16H2,1-3H3/p+1/t19-/m1/s1.